The van der Waals surface area contributed by atoms with Gasteiger partial charge < -0.3 is 2.85 Å². The van der Waals surface area contributed by atoms with E-state index in [1.54, 1.807) is 0 Å². The fourth-order valence-corrected chi connectivity index (χ4v) is 0. The van der Waals surface area contributed by atoms with Crippen molar-refractivity contribution >= 4 is 54.0 Å². The van der Waals surface area contributed by atoms with Gasteiger partial charge in [-0.1, -0.05) is 0 Å². The summed E-state index contributed by atoms with van der Waals surface area (Å²) in [4.78, 5) is 0. The molecule has 0 rings (SSSR count). The molecule has 0 aromatic heterocycles. The molecular formula is H10Na2S4. The predicted molar refractivity (Wildman–Crippen MR) is 43.7 cm³/mol. The Hall–Kier alpha value is 3.40. The molecule has 0 radical (unpaired) electrons. The molecule has 0 amide bonds. The maximum absolute atomic E-state index is 0. The second-order valence-corrected chi connectivity index (χ2v) is 0. The Kier molecular flexibility index (Phi) is 381. The summed E-state index contributed by atoms with van der Waals surface area (Å²) >= 11 is 0. The third kappa shape index (κ3) is 26.2. The molecule has 0 fully saturated rings. The first-order valence-electron chi connectivity index (χ1n) is 0. The van der Waals surface area contributed by atoms with Crippen LogP contribution >= 0.6 is 54.0 Å². The van der Waals surface area contributed by atoms with Crippen molar-refractivity contribution in [3.8, 4) is 0 Å². The molecule has 0 saturated carbocycles. The first kappa shape index (κ1) is 57.4. The summed E-state index contributed by atoms with van der Waals surface area (Å²) in [5, 5.41) is 0. The van der Waals surface area contributed by atoms with Crippen molar-refractivity contribution in [3.05, 3.63) is 0 Å². The van der Waals surface area contributed by atoms with Crippen molar-refractivity contribution in [2.24, 2.45) is 0 Å². The van der Waals surface area contributed by atoms with Crippen LogP contribution in [0.1, 0.15) is 2.85 Å². The van der Waals surface area contributed by atoms with Gasteiger partial charge in [0.05, 0.1) is 0 Å². The molecule has 0 aromatic rings. The largest absolute Gasteiger partial charge is 1.00 e. The van der Waals surface area contributed by atoms with Crippen LogP contribution in [0.4, 0.5) is 0 Å². The molecule has 0 heterocycles. The van der Waals surface area contributed by atoms with E-state index in [1.807, 2.05) is 0 Å². The van der Waals surface area contributed by atoms with Gasteiger partial charge in [0.1, 0.15) is 0 Å². The molecule has 36 valence electrons. The molecule has 0 nitrogen and oxygen atoms in total. The van der Waals surface area contributed by atoms with Gasteiger partial charge in [-0.15, -0.1) is 0 Å². The van der Waals surface area contributed by atoms with Crippen LogP contribution in [0.25, 0.3) is 0 Å². The van der Waals surface area contributed by atoms with Crippen LogP contribution in [0.5, 0.6) is 0 Å². The Labute approximate surface area is 114 Å². The van der Waals surface area contributed by atoms with Crippen molar-refractivity contribution in [3.63, 3.8) is 0 Å². The zero-order valence-electron chi connectivity index (χ0n) is 6.00. The van der Waals surface area contributed by atoms with E-state index in [0.717, 1.165) is 0 Å². The minimum Gasteiger partial charge on any atom is -1.00 e. The molecule has 0 N–H and O–H groups in total. The number of rotatable bonds is 0. The maximum atomic E-state index is 0. The van der Waals surface area contributed by atoms with Crippen LogP contribution in [-0.2, 0) is 0 Å². The van der Waals surface area contributed by atoms with Crippen LogP contribution in [0.2, 0.25) is 0 Å². The molecule has 6 heavy (non-hydrogen) atoms. The minimum absolute atomic E-state index is 0. The van der Waals surface area contributed by atoms with E-state index >= 15 is 0 Å². The second-order valence-electron chi connectivity index (χ2n) is 0. The molecule has 0 aromatic carbocycles. The quantitative estimate of drug-likeness (QED) is 0.330. The van der Waals surface area contributed by atoms with Gasteiger partial charge in [0.15, 0.2) is 0 Å². The molecule has 0 spiro atoms. The third-order valence-electron chi connectivity index (χ3n) is 0. The summed E-state index contributed by atoms with van der Waals surface area (Å²) in [6, 6.07) is 0. The van der Waals surface area contributed by atoms with Gasteiger partial charge in [0, 0.05) is 0 Å². The maximum Gasteiger partial charge on any atom is 1.00 e. The van der Waals surface area contributed by atoms with E-state index in [4.69, 9.17) is 0 Å². The van der Waals surface area contributed by atoms with Gasteiger partial charge >= 0.3 is 59.1 Å². The van der Waals surface area contributed by atoms with Gasteiger partial charge in [-0.3, -0.25) is 0 Å². The van der Waals surface area contributed by atoms with Gasteiger partial charge in [-0.25, -0.2) is 0 Å². The predicted octanol–water partition coefficient (Wildman–Crippen LogP) is -5.32. The van der Waals surface area contributed by atoms with Crippen LogP contribution in [0.15, 0.2) is 0 Å². The van der Waals surface area contributed by atoms with Crippen molar-refractivity contribution in [1.82, 2.24) is 0 Å². The Bertz CT molecular complexity index is 12.0. The first-order chi connectivity index (χ1) is 0. The molecule has 0 saturated heterocycles. The van der Waals surface area contributed by atoms with E-state index in [-0.39, 0.29) is 116 Å². The fraction of sp³-hybridized carbons (Fsp3) is 0. The summed E-state index contributed by atoms with van der Waals surface area (Å²) in [5.41, 5.74) is 0. The fourth-order valence-electron chi connectivity index (χ4n) is 0. The van der Waals surface area contributed by atoms with Gasteiger partial charge in [0.25, 0.3) is 0 Å². The molecule has 0 aliphatic rings. The smallest absolute Gasteiger partial charge is 1.00 e. The third-order valence-corrected chi connectivity index (χ3v) is 0. The van der Waals surface area contributed by atoms with Gasteiger partial charge in [-0.2, -0.15) is 54.0 Å². The molecule has 6 heteroatoms. The van der Waals surface area contributed by atoms with Crippen LogP contribution in [-0.4, -0.2) is 0 Å². The second kappa shape index (κ2) is 39.8. The normalized spacial score (nSPS) is 0. The minimum atomic E-state index is 0. The molecular weight excluding hydrogens is 174 g/mol. The van der Waals surface area contributed by atoms with Crippen LogP contribution in [0.3, 0.4) is 0 Å². The van der Waals surface area contributed by atoms with E-state index in [1.165, 1.54) is 0 Å². The van der Waals surface area contributed by atoms with Gasteiger partial charge in [0.2, 0.25) is 0 Å². The standard InChI is InChI=1S/2Na.4H2S.2H/h;;4*1H2;;/q2*+1;;;;;2*-1. The zero-order valence-corrected chi connectivity index (χ0v) is 12.0. The van der Waals surface area contributed by atoms with Crippen molar-refractivity contribution in [1.29, 1.82) is 0 Å². The molecule has 0 atom stereocenters. The summed E-state index contributed by atoms with van der Waals surface area (Å²) in [7, 11) is 0. The average molecular weight is 184 g/mol. The Morgan fingerprint density at radius 3 is 0.500 bits per heavy atom. The molecule has 0 aliphatic carbocycles. The van der Waals surface area contributed by atoms with Crippen molar-refractivity contribution in [2.75, 3.05) is 0 Å². The molecule has 0 aliphatic heterocycles. The van der Waals surface area contributed by atoms with E-state index in [9.17, 15) is 0 Å². The van der Waals surface area contributed by atoms with E-state index < -0.39 is 0 Å². The van der Waals surface area contributed by atoms with Crippen LogP contribution in [0, 0.1) is 0 Å². The zero-order chi connectivity index (χ0) is 0. The van der Waals surface area contributed by atoms with E-state index in [2.05, 4.69) is 0 Å². The van der Waals surface area contributed by atoms with Crippen molar-refractivity contribution in [2.45, 2.75) is 0 Å². The molecule has 0 unspecified atom stereocenters. The molecule has 0 bridgehead atoms. The topological polar surface area (TPSA) is 0 Å². The van der Waals surface area contributed by atoms with Crippen LogP contribution < -0.4 is 59.1 Å². The SMILES string of the molecule is S.S.S.S.[H-].[H-].[Na+].[Na+]. The Morgan fingerprint density at radius 2 is 0.500 bits per heavy atom. The van der Waals surface area contributed by atoms with E-state index in [0.29, 0.717) is 0 Å². The number of hydrogen-bond donors (Lipinski definition) is 0. The van der Waals surface area contributed by atoms with Gasteiger partial charge in [-0.05, 0) is 0 Å². The van der Waals surface area contributed by atoms with Crippen molar-refractivity contribution < 1.29 is 62.0 Å². The summed E-state index contributed by atoms with van der Waals surface area (Å²) in [5.74, 6) is 0. The number of hydrogen-bond acceptors (Lipinski definition) is 0. The first-order valence-corrected chi connectivity index (χ1v) is 0. The summed E-state index contributed by atoms with van der Waals surface area (Å²) < 4.78 is 0. The summed E-state index contributed by atoms with van der Waals surface area (Å²) in [6.45, 7) is 0. The summed E-state index contributed by atoms with van der Waals surface area (Å²) in [6.07, 6.45) is 0. The Balaban J connectivity index is 0. The monoisotopic (exact) mass is 184 g/mol. The Morgan fingerprint density at radius 1 is 0.500 bits per heavy atom. The average Bonchev–Trinajstić information content (AvgIpc) is 0.